The molecule has 1 aliphatic heterocycles. The number of rotatable bonds is 4. The van der Waals surface area contributed by atoms with Crippen LogP contribution in [0.3, 0.4) is 0 Å². The maximum atomic E-state index is 13.3. The van der Waals surface area contributed by atoms with E-state index in [4.69, 9.17) is 0 Å². The van der Waals surface area contributed by atoms with Crippen LogP contribution in [0, 0.1) is 5.92 Å². The number of carbonyl (C=O) groups is 1. The predicted octanol–water partition coefficient (Wildman–Crippen LogP) is 2.72. The zero-order valence-corrected chi connectivity index (χ0v) is 16.7. The molecule has 0 spiro atoms. The standard InChI is InChI=1S/C22H30N4O/c1-15(2)13-23-18-8-9-20-19(12-18)21(24-25(20)3)22(27)26-11-10-16-6-4-5-7-17(16)14-26/h4-7,15,18,23H,8-14H2,1-3H3/t18-/m0/s1. The topological polar surface area (TPSA) is 50.2 Å². The second-order valence-corrected chi connectivity index (χ2v) is 8.38. The third kappa shape index (κ3) is 3.65. The summed E-state index contributed by atoms with van der Waals surface area (Å²) in [6.45, 7) is 6.95. The largest absolute Gasteiger partial charge is 0.333 e. The summed E-state index contributed by atoms with van der Waals surface area (Å²) in [5.74, 6) is 0.723. The highest BCUT2D eigenvalue weighted by molar-refractivity contribution is 5.94. The van der Waals surface area contributed by atoms with Crippen LogP contribution in [0.2, 0.25) is 0 Å². The van der Waals surface area contributed by atoms with E-state index in [0.29, 0.717) is 24.2 Å². The number of hydrogen-bond acceptors (Lipinski definition) is 3. The molecule has 0 bridgehead atoms. The molecule has 0 saturated heterocycles. The number of carbonyl (C=O) groups excluding carboxylic acids is 1. The van der Waals surface area contributed by atoms with E-state index in [2.05, 4.69) is 48.5 Å². The Balaban J connectivity index is 1.54. The molecule has 1 aliphatic carbocycles. The van der Waals surface area contributed by atoms with Crippen molar-refractivity contribution in [1.29, 1.82) is 0 Å². The van der Waals surface area contributed by atoms with Crippen LogP contribution in [0.1, 0.15) is 53.1 Å². The molecule has 2 heterocycles. The van der Waals surface area contributed by atoms with Gasteiger partial charge in [-0.15, -0.1) is 0 Å². The van der Waals surface area contributed by atoms with E-state index < -0.39 is 0 Å². The van der Waals surface area contributed by atoms with Crippen molar-refractivity contribution in [3.8, 4) is 0 Å². The number of benzene rings is 1. The summed E-state index contributed by atoms with van der Waals surface area (Å²) in [6.07, 6.45) is 3.94. The fraction of sp³-hybridized carbons (Fsp3) is 0.545. The molecule has 27 heavy (non-hydrogen) atoms. The molecular weight excluding hydrogens is 336 g/mol. The predicted molar refractivity (Wildman–Crippen MR) is 107 cm³/mol. The minimum atomic E-state index is 0.0888. The minimum absolute atomic E-state index is 0.0888. The molecule has 2 aromatic rings. The van der Waals surface area contributed by atoms with Crippen LogP contribution in [0.25, 0.3) is 0 Å². The van der Waals surface area contributed by atoms with Gasteiger partial charge in [0.2, 0.25) is 0 Å². The first-order valence-electron chi connectivity index (χ1n) is 10.2. The van der Waals surface area contributed by atoms with Crippen LogP contribution in [0.4, 0.5) is 0 Å². The zero-order chi connectivity index (χ0) is 19.0. The van der Waals surface area contributed by atoms with E-state index in [-0.39, 0.29) is 5.91 Å². The Kier molecular flexibility index (Phi) is 5.04. The first-order valence-corrected chi connectivity index (χ1v) is 10.2. The van der Waals surface area contributed by atoms with Crippen molar-refractivity contribution < 1.29 is 4.79 Å². The van der Waals surface area contributed by atoms with Crippen LogP contribution in [0.5, 0.6) is 0 Å². The van der Waals surface area contributed by atoms with Crippen LogP contribution in [-0.2, 0) is 32.9 Å². The Morgan fingerprint density at radius 3 is 2.81 bits per heavy atom. The van der Waals surface area contributed by atoms with Gasteiger partial charge in [0.15, 0.2) is 5.69 Å². The summed E-state index contributed by atoms with van der Waals surface area (Å²) < 4.78 is 1.93. The molecular formula is C22H30N4O. The van der Waals surface area contributed by atoms with Crippen molar-refractivity contribution in [2.75, 3.05) is 13.1 Å². The van der Waals surface area contributed by atoms with E-state index in [1.165, 1.54) is 16.8 Å². The number of nitrogens with one attached hydrogen (secondary N) is 1. The van der Waals surface area contributed by atoms with Gasteiger partial charge in [0.05, 0.1) is 0 Å². The lowest BCUT2D eigenvalue weighted by Crippen LogP contribution is -2.39. The molecule has 5 nitrogen and oxygen atoms in total. The molecule has 0 fully saturated rings. The average molecular weight is 367 g/mol. The molecule has 1 aromatic heterocycles. The first kappa shape index (κ1) is 18.2. The van der Waals surface area contributed by atoms with Gasteiger partial charge in [-0.25, -0.2) is 0 Å². The summed E-state index contributed by atoms with van der Waals surface area (Å²) in [4.78, 5) is 15.3. The van der Waals surface area contributed by atoms with Gasteiger partial charge in [0.25, 0.3) is 5.91 Å². The van der Waals surface area contributed by atoms with Crippen molar-refractivity contribution in [3.05, 3.63) is 52.3 Å². The second kappa shape index (κ2) is 7.47. The maximum Gasteiger partial charge on any atom is 0.274 e. The van der Waals surface area contributed by atoms with E-state index in [9.17, 15) is 4.79 Å². The van der Waals surface area contributed by atoms with Crippen molar-refractivity contribution in [2.45, 2.75) is 52.1 Å². The van der Waals surface area contributed by atoms with Gasteiger partial charge in [0.1, 0.15) is 0 Å². The molecule has 1 N–H and O–H groups in total. The van der Waals surface area contributed by atoms with Crippen molar-refractivity contribution >= 4 is 5.91 Å². The number of nitrogens with zero attached hydrogens (tertiary/aromatic N) is 3. The number of aryl methyl sites for hydroxylation is 1. The fourth-order valence-electron chi connectivity index (χ4n) is 4.36. The van der Waals surface area contributed by atoms with Crippen LogP contribution < -0.4 is 5.32 Å². The van der Waals surface area contributed by atoms with E-state index >= 15 is 0 Å². The van der Waals surface area contributed by atoms with Gasteiger partial charge in [-0.2, -0.15) is 5.10 Å². The summed E-state index contributed by atoms with van der Waals surface area (Å²) in [6, 6.07) is 8.88. The molecule has 0 saturated carbocycles. The molecule has 4 rings (SSSR count). The van der Waals surface area contributed by atoms with Gasteiger partial charge in [0, 0.05) is 37.4 Å². The molecule has 1 atom stereocenters. The van der Waals surface area contributed by atoms with Gasteiger partial charge in [-0.05, 0) is 49.3 Å². The fourth-order valence-corrected chi connectivity index (χ4v) is 4.36. The monoisotopic (exact) mass is 366 g/mol. The Hall–Kier alpha value is -2.14. The maximum absolute atomic E-state index is 13.3. The third-order valence-corrected chi connectivity index (χ3v) is 5.89. The Bertz CT molecular complexity index is 839. The number of hydrogen-bond donors (Lipinski definition) is 1. The van der Waals surface area contributed by atoms with Gasteiger partial charge in [-0.1, -0.05) is 38.1 Å². The highest BCUT2D eigenvalue weighted by Gasteiger charge is 2.31. The summed E-state index contributed by atoms with van der Waals surface area (Å²) in [7, 11) is 1.98. The number of aromatic nitrogens is 2. The smallest absolute Gasteiger partial charge is 0.274 e. The minimum Gasteiger partial charge on any atom is -0.333 e. The SMILES string of the molecule is CC(C)CN[C@H]1CCc2c(c(C(=O)N3CCc4ccccc4C3)nn2C)C1. The van der Waals surface area contributed by atoms with Crippen LogP contribution in [0.15, 0.2) is 24.3 Å². The zero-order valence-electron chi connectivity index (χ0n) is 16.7. The first-order chi connectivity index (χ1) is 13.0. The van der Waals surface area contributed by atoms with Gasteiger partial charge < -0.3 is 10.2 Å². The normalized spacial score (nSPS) is 19.1. The van der Waals surface area contributed by atoms with E-state index in [1.807, 2.05) is 16.6 Å². The van der Waals surface area contributed by atoms with E-state index in [1.54, 1.807) is 0 Å². The lowest BCUT2D eigenvalue weighted by molar-refractivity contribution is 0.0726. The van der Waals surface area contributed by atoms with Crippen molar-refractivity contribution in [1.82, 2.24) is 20.0 Å². The molecule has 0 radical (unpaired) electrons. The molecule has 2 aliphatic rings. The van der Waals surface area contributed by atoms with Crippen molar-refractivity contribution in [2.24, 2.45) is 13.0 Å². The average Bonchev–Trinajstić information content (AvgIpc) is 3.01. The van der Waals surface area contributed by atoms with Crippen LogP contribution in [-0.4, -0.2) is 39.7 Å². The van der Waals surface area contributed by atoms with Crippen LogP contribution >= 0.6 is 0 Å². The highest BCUT2D eigenvalue weighted by atomic mass is 16.2. The Morgan fingerprint density at radius 2 is 2.04 bits per heavy atom. The molecule has 5 heteroatoms. The number of amides is 1. The second-order valence-electron chi connectivity index (χ2n) is 8.38. The quantitative estimate of drug-likeness (QED) is 0.905. The van der Waals surface area contributed by atoms with E-state index in [0.717, 1.165) is 44.3 Å². The lowest BCUT2D eigenvalue weighted by Gasteiger charge is -2.29. The molecule has 144 valence electrons. The molecule has 1 amide bonds. The van der Waals surface area contributed by atoms with Gasteiger partial charge in [-0.3, -0.25) is 9.48 Å². The van der Waals surface area contributed by atoms with Crippen molar-refractivity contribution in [3.63, 3.8) is 0 Å². The summed E-state index contributed by atoms with van der Waals surface area (Å²) in [5.41, 5.74) is 5.69. The molecule has 1 aromatic carbocycles. The molecule has 0 unspecified atom stereocenters. The summed E-state index contributed by atoms with van der Waals surface area (Å²) >= 11 is 0. The Labute approximate surface area is 161 Å². The highest BCUT2D eigenvalue weighted by Crippen LogP contribution is 2.27. The third-order valence-electron chi connectivity index (χ3n) is 5.89. The number of fused-ring (bicyclic) bond motifs is 2. The summed E-state index contributed by atoms with van der Waals surface area (Å²) in [5, 5.41) is 8.32. The van der Waals surface area contributed by atoms with Gasteiger partial charge >= 0.3 is 0 Å². The Morgan fingerprint density at radius 1 is 1.26 bits per heavy atom. The lowest BCUT2D eigenvalue weighted by atomic mass is 9.90.